The van der Waals surface area contributed by atoms with Crippen LogP contribution >= 0.6 is 23.2 Å². The first-order valence-electron chi connectivity index (χ1n) is 6.31. The molecule has 0 aliphatic heterocycles. The van der Waals surface area contributed by atoms with E-state index >= 15 is 0 Å². The van der Waals surface area contributed by atoms with Crippen molar-refractivity contribution in [2.45, 2.75) is 0 Å². The molecule has 1 aromatic heterocycles. The van der Waals surface area contributed by atoms with Crippen LogP contribution < -0.4 is 0 Å². The number of aromatic nitrogens is 3. The molecule has 22 heavy (non-hydrogen) atoms. The highest BCUT2D eigenvalue weighted by Gasteiger charge is 2.17. The smallest absolute Gasteiger partial charge is 0.186 e. The summed E-state index contributed by atoms with van der Waals surface area (Å²) in [5.41, 5.74) is 0.799. The van der Waals surface area contributed by atoms with Crippen molar-refractivity contribution in [2.75, 3.05) is 0 Å². The minimum atomic E-state index is -0.492. The molecule has 0 atom stereocenters. The van der Waals surface area contributed by atoms with Gasteiger partial charge in [0.25, 0.3) is 0 Å². The van der Waals surface area contributed by atoms with Crippen LogP contribution in [-0.4, -0.2) is 19.9 Å². The molecule has 0 saturated heterocycles. The van der Waals surface area contributed by atoms with Gasteiger partial charge in [0.1, 0.15) is 11.6 Å². The van der Waals surface area contributed by atoms with Crippen LogP contribution in [0, 0.1) is 5.82 Å². The van der Waals surface area contributed by atoms with Crippen molar-refractivity contribution in [3.05, 3.63) is 52.3 Å². The lowest BCUT2D eigenvalue weighted by Crippen LogP contribution is -1.94. The maximum atomic E-state index is 14.0. The Labute approximate surface area is 135 Å². The number of benzene rings is 2. The maximum Gasteiger partial charge on any atom is 0.186 e. The molecule has 0 radical (unpaired) electrons. The zero-order chi connectivity index (χ0) is 15.9. The van der Waals surface area contributed by atoms with Crippen molar-refractivity contribution < 1.29 is 9.50 Å². The second kappa shape index (κ2) is 5.59. The predicted molar refractivity (Wildman–Crippen MR) is 83.5 cm³/mol. The third kappa shape index (κ3) is 2.53. The summed E-state index contributed by atoms with van der Waals surface area (Å²) in [6.45, 7) is 0. The van der Waals surface area contributed by atoms with Gasteiger partial charge in [-0.3, -0.25) is 0 Å². The predicted octanol–water partition coefficient (Wildman–Crippen LogP) is 4.30. The van der Waals surface area contributed by atoms with Gasteiger partial charge in [0, 0.05) is 12.6 Å². The topological polar surface area (TPSA) is 50.9 Å². The molecule has 0 aliphatic rings. The Morgan fingerprint density at radius 1 is 1.14 bits per heavy atom. The van der Waals surface area contributed by atoms with Crippen LogP contribution in [0.4, 0.5) is 4.39 Å². The fraction of sp³-hybridized carbons (Fsp3) is 0.0667. The second-order valence-electron chi connectivity index (χ2n) is 4.65. The van der Waals surface area contributed by atoms with Crippen LogP contribution in [0.2, 0.25) is 10.0 Å². The Hall–Kier alpha value is -2.11. The highest BCUT2D eigenvalue weighted by atomic mass is 35.5. The van der Waals surface area contributed by atoms with E-state index < -0.39 is 5.82 Å². The molecule has 7 heteroatoms. The SMILES string of the molecule is Cn1nc(-c2c(F)cccc2Cl)nc1-c1ccc(O)c(Cl)c1. The summed E-state index contributed by atoms with van der Waals surface area (Å²) < 4.78 is 15.5. The Kier molecular flexibility index (Phi) is 3.76. The van der Waals surface area contributed by atoms with Crippen molar-refractivity contribution in [1.82, 2.24) is 14.8 Å². The van der Waals surface area contributed by atoms with Gasteiger partial charge in [-0.15, -0.1) is 0 Å². The summed E-state index contributed by atoms with van der Waals surface area (Å²) in [5.74, 6) is 0.152. The highest BCUT2D eigenvalue weighted by Crippen LogP contribution is 2.32. The minimum Gasteiger partial charge on any atom is -0.506 e. The number of rotatable bonds is 2. The molecule has 4 nitrogen and oxygen atoms in total. The van der Waals surface area contributed by atoms with E-state index in [4.69, 9.17) is 23.2 Å². The average molecular weight is 338 g/mol. The van der Waals surface area contributed by atoms with Crippen molar-refractivity contribution in [2.24, 2.45) is 7.05 Å². The summed E-state index contributed by atoms with van der Waals surface area (Å²) in [6, 6.07) is 9.07. The van der Waals surface area contributed by atoms with Gasteiger partial charge < -0.3 is 5.11 Å². The normalized spacial score (nSPS) is 10.9. The first-order chi connectivity index (χ1) is 10.5. The van der Waals surface area contributed by atoms with Gasteiger partial charge in [0.2, 0.25) is 0 Å². The van der Waals surface area contributed by atoms with Gasteiger partial charge in [-0.1, -0.05) is 29.3 Å². The lowest BCUT2D eigenvalue weighted by molar-refractivity contribution is 0.475. The van der Waals surface area contributed by atoms with Crippen LogP contribution in [0.25, 0.3) is 22.8 Å². The maximum absolute atomic E-state index is 14.0. The number of aryl methyl sites for hydroxylation is 1. The molecule has 1 N–H and O–H groups in total. The molecule has 3 rings (SSSR count). The standard InChI is InChI=1S/C15H10Cl2FN3O/c1-21-15(8-5-6-12(22)10(17)7-8)19-14(20-21)13-9(16)3-2-4-11(13)18/h2-7,22H,1H3. The Balaban J connectivity index is 2.13. The first-order valence-corrected chi connectivity index (χ1v) is 7.07. The molecule has 0 spiro atoms. The molecule has 0 aliphatic carbocycles. The largest absolute Gasteiger partial charge is 0.506 e. The van der Waals surface area contributed by atoms with Crippen LogP contribution in [0.3, 0.4) is 0 Å². The molecule has 3 aromatic rings. The molecular weight excluding hydrogens is 328 g/mol. The molecule has 0 fully saturated rings. The van der Waals surface area contributed by atoms with Gasteiger partial charge in [0.05, 0.1) is 15.6 Å². The highest BCUT2D eigenvalue weighted by molar-refractivity contribution is 6.33. The zero-order valence-corrected chi connectivity index (χ0v) is 12.9. The number of hydrogen-bond donors (Lipinski definition) is 1. The van der Waals surface area contributed by atoms with Crippen LogP contribution in [0.5, 0.6) is 5.75 Å². The minimum absolute atomic E-state index is 0.0232. The lowest BCUT2D eigenvalue weighted by atomic mass is 10.2. The zero-order valence-electron chi connectivity index (χ0n) is 11.4. The van der Waals surface area contributed by atoms with E-state index in [0.717, 1.165) is 0 Å². The molecule has 0 saturated carbocycles. The third-order valence-corrected chi connectivity index (χ3v) is 3.77. The van der Waals surface area contributed by atoms with E-state index in [9.17, 15) is 9.50 Å². The molecule has 0 unspecified atom stereocenters. The van der Waals surface area contributed by atoms with Crippen LogP contribution in [0.1, 0.15) is 0 Å². The second-order valence-corrected chi connectivity index (χ2v) is 5.46. The van der Waals surface area contributed by atoms with E-state index in [-0.39, 0.29) is 27.2 Å². The van der Waals surface area contributed by atoms with Crippen LogP contribution in [-0.2, 0) is 7.05 Å². The summed E-state index contributed by atoms with van der Waals surface area (Å²) in [7, 11) is 1.68. The van der Waals surface area contributed by atoms with E-state index in [1.54, 1.807) is 25.2 Å². The van der Waals surface area contributed by atoms with Gasteiger partial charge >= 0.3 is 0 Å². The van der Waals surface area contributed by atoms with E-state index in [1.807, 2.05) is 0 Å². The fourth-order valence-electron chi connectivity index (χ4n) is 2.10. The van der Waals surface area contributed by atoms with Gasteiger partial charge in [0.15, 0.2) is 11.6 Å². The number of phenols is 1. The quantitative estimate of drug-likeness (QED) is 0.758. The fourth-order valence-corrected chi connectivity index (χ4v) is 2.53. The molecule has 1 heterocycles. The van der Waals surface area contributed by atoms with Crippen molar-refractivity contribution in [1.29, 1.82) is 0 Å². The van der Waals surface area contributed by atoms with Gasteiger partial charge in [-0.05, 0) is 30.3 Å². The van der Waals surface area contributed by atoms with Crippen molar-refractivity contribution >= 4 is 23.2 Å². The molecule has 0 bridgehead atoms. The Morgan fingerprint density at radius 2 is 1.91 bits per heavy atom. The number of nitrogens with zero attached hydrogens (tertiary/aromatic N) is 3. The van der Waals surface area contributed by atoms with Crippen molar-refractivity contribution in [3.63, 3.8) is 0 Å². The summed E-state index contributed by atoms with van der Waals surface area (Å²) in [6.07, 6.45) is 0. The number of halogens is 3. The van der Waals surface area contributed by atoms with E-state index in [0.29, 0.717) is 11.4 Å². The molecule has 2 aromatic carbocycles. The average Bonchev–Trinajstić information content (AvgIpc) is 2.83. The molecule has 0 amide bonds. The lowest BCUT2D eigenvalue weighted by Gasteiger charge is -2.02. The molecule has 112 valence electrons. The summed E-state index contributed by atoms with van der Waals surface area (Å²) in [5, 5.41) is 14.1. The summed E-state index contributed by atoms with van der Waals surface area (Å²) >= 11 is 11.9. The summed E-state index contributed by atoms with van der Waals surface area (Å²) in [4.78, 5) is 4.33. The number of phenolic OH excluding ortho intramolecular Hbond substituents is 1. The van der Waals surface area contributed by atoms with Crippen LogP contribution in [0.15, 0.2) is 36.4 Å². The van der Waals surface area contributed by atoms with Crippen molar-refractivity contribution in [3.8, 4) is 28.5 Å². The number of aromatic hydroxyl groups is 1. The Morgan fingerprint density at radius 3 is 2.59 bits per heavy atom. The first kappa shape index (κ1) is 14.8. The van der Waals surface area contributed by atoms with E-state index in [1.165, 1.54) is 22.9 Å². The third-order valence-electron chi connectivity index (χ3n) is 3.16. The molecular formula is C15H10Cl2FN3O. The van der Waals surface area contributed by atoms with Gasteiger partial charge in [-0.25, -0.2) is 14.1 Å². The number of hydrogen-bond acceptors (Lipinski definition) is 3. The monoisotopic (exact) mass is 337 g/mol. The Bertz CT molecular complexity index is 844. The van der Waals surface area contributed by atoms with Gasteiger partial charge in [-0.2, -0.15) is 5.10 Å². The van der Waals surface area contributed by atoms with E-state index in [2.05, 4.69) is 10.1 Å².